The summed E-state index contributed by atoms with van der Waals surface area (Å²) in [6.45, 7) is 2.46. The van der Waals surface area contributed by atoms with Crippen molar-refractivity contribution in [1.82, 2.24) is 14.9 Å². The maximum Gasteiger partial charge on any atom is 0.294 e. The molecule has 1 aliphatic heterocycles. The van der Waals surface area contributed by atoms with Crippen LogP contribution in [0.25, 0.3) is 22.1 Å². The molecule has 0 radical (unpaired) electrons. The number of hydrogen-bond acceptors (Lipinski definition) is 7. The molecule has 3 heterocycles. The van der Waals surface area contributed by atoms with Crippen LogP contribution in [0.3, 0.4) is 0 Å². The number of nitrogens with one attached hydrogen (secondary N) is 2. The number of methoxy groups -OCH3 is 1. The van der Waals surface area contributed by atoms with E-state index in [1.165, 1.54) is 0 Å². The van der Waals surface area contributed by atoms with Gasteiger partial charge in [-0.2, -0.15) is 0 Å². The number of aromatic nitrogens is 2. The van der Waals surface area contributed by atoms with Gasteiger partial charge in [0.15, 0.2) is 0 Å². The Morgan fingerprint density at radius 3 is 3.00 bits per heavy atom. The Balaban J connectivity index is 1.45. The van der Waals surface area contributed by atoms with Gasteiger partial charge in [-0.15, -0.1) is 0 Å². The summed E-state index contributed by atoms with van der Waals surface area (Å²) in [6.07, 6.45) is 0.421. The highest BCUT2D eigenvalue weighted by Crippen LogP contribution is 2.28. The summed E-state index contributed by atoms with van der Waals surface area (Å²) in [6, 6.07) is 13.6. The molecule has 1 aliphatic rings. The number of β-amino-alcohol motifs (C(OH)–C–C–N with tert-alkyl or cyclic N) is 1. The second-order valence-corrected chi connectivity index (χ2v) is 7.85. The minimum absolute atomic E-state index is 0.224. The summed E-state index contributed by atoms with van der Waals surface area (Å²) >= 11 is 0. The van der Waals surface area contributed by atoms with Gasteiger partial charge in [-0.3, -0.25) is 9.69 Å². The molecule has 4 aromatic rings. The zero-order chi connectivity index (χ0) is 21.4. The monoisotopic (exact) mass is 420 g/mol. The van der Waals surface area contributed by atoms with Crippen LogP contribution in [0.1, 0.15) is 17.8 Å². The number of benzene rings is 2. The van der Waals surface area contributed by atoms with Crippen molar-refractivity contribution in [2.24, 2.45) is 0 Å². The Morgan fingerprint density at radius 2 is 2.19 bits per heavy atom. The molecule has 0 aliphatic carbocycles. The molecule has 8 nitrogen and oxygen atoms in total. The van der Waals surface area contributed by atoms with E-state index in [4.69, 9.17) is 9.15 Å². The van der Waals surface area contributed by atoms with E-state index in [0.29, 0.717) is 36.6 Å². The molecule has 8 heteroatoms. The summed E-state index contributed by atoms with van der Waals surface area (Å²) in [5.41, 5.74) is 3.04. The van der Waals surface area contributed by atoms with Gasteiger partial charge in [0.05, 0.1) is 19.8 Å². The number of aromatic amines is 1. The van der Waals surface area contributed by atoms with Gasteiger partial charge in [0.25, 0.3) is 5.56 Å². The van der Waals surface area contributed by atoms with Crippen LogP contribution in [0.5, 0.6) is 5.75 Å². The number of anilines is 1. The van der Waals surface area contributed by atoms with Crippen LogP contribution in [0.2, 0.25) is 0 Å². The molecule has 0 saturated carbocycles. The van der Waals surface area contributed by atoms with Crippen molar-refractivity contribution in [2.75, 3.05) is 25.5 Å². The van der Waals surface area contributed by atoms with Crippen molar-refractivity contribution in [3.05, 3.63) is 64.2 Å². The smallest absolute Gasteiger partial charge is 0.294 e. The van der Waals surface area contributed by atoms with E-state index in [1.807, 2.05) is 42.5 Å². The molecule has 2 aromatic heterocycles. The summed E-state index contributed by atoms with van der Waals surface area (Å²) in [7, 11) is 1.66. The average molecular weight is 420 g/mol. The molecule has 1 saturated heterocycles. The van der Waals surface area contributed by atoms with Crippen LogP contribution >= 0.6 is 0 Å². The van der Waals surface area contributed by atoms with Gasteiger partial charge in [0.2, 0.25) is 5.58 Å². The van der Waals surface area contributed by atoms with E-state index in [1.54, 1.807) is 7.11 Å². The Bertz CT molecular complexity index is 1300. The zero-order valence-electron chi connectivity index (χ0n) is 17.2. The highest BCUT2D eigenvalue weighted by Gasteiger charge is 2.22. The molecule has 1 fully saturated rings. The van der Waals surface area contributed by atoms with Crippen molar-refractivity contribution in [2.45, 2.75) is 25.6 Å². The quantitative estimate of drug-likeness (QED) is 0.441. The van der Waals surface area contributed by atoms with E-state index >= 15 is 0 Å². The van der Waals surface area contributed by atoms with E-state index < -0.39 is 0 Å². The normalized spacial score (nSPS) is 16.9. The fourth-order valence-electron chi connectivity index (χ4n) is 4.10. The number of rotatable bonds is 6. The lowest BCUT2D eigenvalue weighted by atomic mass is 10.2. The number of aliphatic hydroxyl groups excluding tert-OH is 1. The summed E-state index contributed by atoms with van der Waals surface area (Å²) < 4.78 is 11.2. The highest BCUT2D eigenvalue weighted by molar-refractivity contribution is 6.03. The largest absolute Gasteiger partial charge is 0.496 e. The number of nitrogens with zero attached hydrogens (tertiary/aromatic N) is 2. The van der Waals surface area contributed by atoms with Crippen LogP contribution in [0.4, 0.5) is 5.69 Å². The molecule has 0 unspecified atom stereocenters. The predicted molar refractivity (Wildman–Crippen MR) is 118 cm³/mol. The van der Waals surface area contributed by atoms with Crippen molar-refractivity contribution < 1.29 is 14.3 Å². The second kappa shape index (κ2) is 8.05. The van der Waals surface area contributed by atoms with Crippen LogP contribution in [0, 0.1) is 0 Å². The molecule has 0 bridgehead atoms. The zero-order valence-corrected chi connectivity index (χ0v) is 17.2. The van der Waals surface area contributed by atoms with Crippen molar-refractivity contribution in [3.63, 3.8) is 0 Å². The van der Waals surface area contributed by atoms with Crippen LogP contribution in [0.15, 0.2) is 51.7 Å². The van der Waals surface area contributed by atoms with Gasteiger partial charge in [0.1, 0.15) is 22.7 Å². The second-order valence-electron chi connectivity index (χ2n) is 7.85. The van der Waals surface area contributed by atoms with Gasteiger partial charge in [-0.05, 0) is 30.7 Å². The van der Waals surface area contributed by atoms with Crippen molar-refractivity contribution >= 4 is 27.8 Å². The molecule has 3 N–H and O–H groups in total. The number of ether oxygens (including phenoxy) is 1. The third kappa shape index (κ3) is 3.87. The number of fused-ring (bicyclic) bond motifs is 3. The first-order valence-electron chi connectivity index (χ1n) is 10.3. The SMILES string of the molecule is COc1ccccc1CNc1ccc2oc3c(=O)[nH]c(CN4CC[C@H](O)C4)nc3c2c1. The van der Waals surface area contributed by atoms with Crippen LogP contribution in [-0.2, 0) is 13.1 Å². The van der Waals surface area contributed by atoms with Gasteiger partial charge < -0.3 is 24.6 Å². The first-order valence-corrected chi connectivity index (χ1v) is 10.3. The Hall–Kier alpha value is -3.36. The van der Waals surface area contributed by atoms with E-state index in [9.17, 15) is 9.90 Å². The third-order valence-corrected chi connectivity index (χ3v) is 5.67. The van der Waals surface area contributed by atoms with Crippen molar-refractivity contribution in [1.29, 1.82) is 0 Å². The lowest BCUT2D eigenvalue weighted by Gasteiger charge is -2.13. The number of furan rings is 1. The Labute approximate surface area is 178 Å². The van der Waals surface area contributed by atoms with Gasteiger partial charge in [0, 0.05) is 36.3 Å². The van der Waals surface area contributed by atoms with E-state index in [2.05, 4.69) is 20.2 Å². The fraction of sp³-hybridized carbons (Fsp3) is 0.304. The first-order chi connectivity index (χ1) is 15.1. The topological polar surface area (TPSA) is 104 Å². The fourth-order valence-corrected chi connectivity index (χ4v) is 4.10. The third-order valence-electron chi connectivity index (χ3n) is 5.67. The maximum atomic E-state index is 12.6. The van der Waals surface area contributed by atoms with E-state index in [0.717, 1.165) is 35.4 Å². The minimum atomic E-state index is -0.318. The standard InChI is InChI=1S/C23H24N4O4/c1-30-18-5-3-2-4-14(18)11-24-15-6-7-19-17(10-15)21-22(31-19)23(29)26-20(25-21)13-27-9-8-16(28)12-27/h2-7,10,16,24,28H,8-9,11-13H2,1H3,(H,25,26,29)/t16-/m0/s1. The highest BCUT2D eigenvalue weighted by atomic mass is 16.5. The Kier molecular flexibility index (Phi) is 5.09. The van der Waals surface area contributed by atoms with Gasteiger partial charge in [-0.1, -0.05) is 18.2 Å². The van der Waals surface area contributed by atoms with E-state index in [-0.39, 0.29) is 17.2 Å². The lowest BCUT2D eigenvalue weighted by molar-refractivity contribution is 0.174. The number of likely N-dealkylation sites (tertiary alicyclic amines) is 1. The molecule has 2 aromatic carbocycles. The predicted octanol–water partition coefficient (Wildman–Crippen LogP) is 2.86. The number of hydrogen-bond donors (Lipinski definition) is 3. The van der Waals surface area contributed by atoms with Crippen molar-refractivity contribution in [3.8, 4) is 5.75 Å². The molecule has 0 amide bonds. The molecule has 31 heavy (non-hydrogen) atoms. The molecular formula is C23H24N4O4. The molecule has 5 rings (SSSR count). The number of H-pyrrole nitrogens is 1. The summed E-state index contributed by atoms with van der Waals surface area (Å²) in [5, 5.41) is 13.9. The molecule has 0 spiro atoms. The molecule has 1 atom stereocenters. The minimum Gasteiger partial charge on any atom is -0.496 e. The lowest BCUT2D eigenvalue weighted by Crippen LogP contribution is -2.24. The van der Waals surface area contributed by atoms with Crippen LogP contribution in [-0.4, -0.2) is 46.3 Å². The average Bonchev–Trinajstić information content (AvgIpc) is 3.35. The number of aliphatic hydroxyl groups is 1. The van der Waals surface area contributed by atoms with Gasteiger partial charge in [-0.25, -0.2) is 4.98 Å². The summed E-state index contributed by atoms with van der Waals surface area (Å²) in [5.74, 6) is 1.40. The van der Waals surface area contributed by atoms with Crippen LogP contribution < -0.4 is 15.6 Å². The first kappa shape index (κ1) is 19.6. The molecule has 160 valence electrons. The molecular weight excluding hydrogens is 396 g/mol. The Morgan fingerprint density at radius 1 is 1.32 bits per heavy atom. The van der Waals surface area contributed by atoms with Gasteiger partial charge >= 0.3 is 0 Å². The maximum absolute atomic E-state index is 12.6. The number of para-hydroxylation sites is 1. The summed E-state index contributed by atoms with van der Waals surface area (Å²) in [4.78, 5) is 22.2.